The third-order valence-corrected chi connectivity index (χ3v) is 4.31. The SMILES string of the molecule is CNC(=O)c1ccc(CNC(=O)c2cccnc2Nc2ccccc2OC)cc1. The Morgan fingerprint density at radius 1 is 0.966 bits per heavy atom. The third-order valence-electron chi connectivity index (χ3n) is 4.31. The number of hydrogen-bond donors (Lipinski definition) is 3. The number of rotatable bonds is 7. The molecule has 2 aromatic carbocycles. The molecule has 3 rings (SSSR count). The van der Waals surface area contributed by atoms with Crippen molar-refractivity contribution in [1.29, 1.82) is 0 Å². The molecule has 0 saturated heterocycles. The Labute approximate surface area is 169 Å². The molecule has 7 nitrogen and oxygen atoms in total. The first-order valence-corrected chi connectivity index (χ1v) is 9.06. The molecule has 1 heterocycles. The van der Waals surface area contributed by atoms with Crippen LogP contribution in [0, 0.1) is 0 Å². The number of para-hydroxylation sites is 2. The molecule has 0 aliphatic carbocycles. The van der Waals surface area contributed by atoms with E-state index in [9.17, 15) is 9.59 Å². The molecule has 0 unspecified atom stereocenters. The van der Waals surface area contributed by atoms with Crippen molar-refractivity contribution in [3.05, 3.63) is 83.6 Å². The zero-order valence-corrected chi connectivity index (χ0v) is 16.2. The first-order chi connectivity index (χ1) is 14.1. The van der Waals surface area contributed by atoms with Crippen molar-refractivity contribution in [3.63, 3.8) is 0 Å². The lowest BCUT2D eigenvalue weighted by Gasteiger charge is -2.13. The summed E-state index contributed by atoms with van der Waals surface area (Å²) < 4.78 is 5.34. The van der Waals surface area contributed by atoms with Crippen LogP contribution in [0.4, 0.5) is 11.5 Å². The molecule has 0 spiro atoms. The van der Waals surface area contributed by atoms with Gasteiger partial charge in [-0.3, -0.25) is 9.59 Å². The number of pyridine rings is 1. The number of methoxy groups -OCH3 is 1. The molecule has 3 N–H and O–H groups in total. The van der Waals surface area contributed by atoms with Crippen LogP contribution >= 0.6 is 0 Å². The Bertz CT molecular complexity index is 1000. The summed E-state index contributed by atoms with van der Waals surface area (Å²) in [5.74, 6) is 0.680. The largest absolute Gasteiger partial charge is 0.495 e. The number of anilines is 2. The van der Waals surface area contributed by atoms with Crippen molar-refractivity contribution in [2.45, 2.75) is 6.54 Å². The number of carbonyl (C=O) groups is 2. The minimum Gasteiger partial charge on any atom is -0.495 e. The van der Waals surface area contributed by atoms with E-state index in [2.05, 4.69) is 20.9 Å². The highest BCUT2D eigenvalue weighted by Gasteiger charge is 2.14. The van der Waals surface area contributed by atoms with Crippen LogP contribution in [0.3, 0.4) is 0 Å². The molecule has 29 heavy (non-hydrogen) atoms. The van der Waals surface area contributed by atoms with E-state index >= 15 is 0 Å². The van der Waals surface area contributed by atoms with E-state index in [1.165, 1.54) is 0 Å². The van der Waals surface area contributed by atoms with Gasteiger partial charge in [0, 0.05) is 25.4 Å². The van der Waals surface area contributed by atoms with Crippen LogP contribution in [0.1, 0.15) is 26.3 Å². The molecule has 0 bridgehead atoms. The maximum absolute atomic E-state index is 12.7. The van der Waals surface area contributed by atoms with E-state index in [4.69, 9.17) is 4.74 Å². The Morgan fingerprint density at radius 2 is 1.72 bits per heavy atom. The second kappa shape index (κ2) is 9.36. The summed E-state index contributed by atoms with van der Waals surface area (Å²) in [6, 6.07) is 17.9. The van der Waals surface area contributed by atoms with Gasteiger partial charge in [-0.1, -0.05) is 24.3 Å². The number of amides is 2. The molecule has 3 aromatic rings. The molecule has 1 aromatic heterocycles. The van der Waals surface area contributed by atoms with Crippen molar-refractivity contribution >= 4 is 23.3 Å². The highest BCUT2D eigenvalue weighted by atomic mass is 16.5. The lowest BCUT2D eigenvalue weighted by atomic mass is 10.1. The van der Waals surface area contributed by atoms with Crippen molar-refractivity contribution in [3.8, 4) is 5.75 Å². The molecule has 0 atom stereocenters. The van der Waals surface area contributed by atoms with Crippen molar-refractivity contribution < 1.29 is 14.3 Å². The molecule has 0 radical (unpaired) electrons. The standard InChI is InChI=1S/C22H22N4O3/c1-23-21(27)16-11-9-15(10-12-16)14-25-22(28)17-6-5-13-24-20(17)26-18-7-3-4-8-19(18)29-2/h3-13H,14H2,1-2H3,(H,23,27)(H,24,26)(H,25,28). The van der Waals surface area contributed by atoms with Crippen LogP contribution in [-0.2, 0) is 6.54 Å². The number of carbonyl (C=O) groups excluding carboxylic acids is 2. The van der Waals surface area contributed by atoms with Gasteiger partial charge in [-0.05, 0) is 42.0 Å². The molecule has 7 heteroatoms. The van der Waals surface area contributed by atoms with Crippen LogP contribution in [0.25, 0.3) is 0 Å². The van der Waals surface area contributed by atoms with E-state index in [-0.39, 0.29) is 11.8 Å². The zero-order chi connectivity index (χ0) is 20.6. The third kappa shape index (κ3) is 4.90. The summed E-state index contributed by atoms with van der Waals surface area (Å²) in [6.07, 6.45) is 1.62. The molecule has 0 aliphatic heterocycles. The smallest absolute Gasteiger partial charge is 0.255 e. The zero-order valence-electron chi connectivity index (χ0n) is 16.2. The summed E-state index contributed by atoms with van der Waals surface area (Å²) in [5, 5.41) is 8.61. The van der Waals surface area contributed by atoms with Crippen molar-refractivity contribution in [1.82, 2.24) is 15.6 Å². The normalized spacial score (nSPS) is 10.1. The van der Waals surface area contributed by atoms with Crippen LogP contribution < -0.4 is 20.7 Å². The number of hydrogen-bond acceptors (Lipinski definition) is 5. The van der Waals surface area contributed by atoms with Gasteiger partial charge in [0.1, 0.15) is 11.6 Å². The number of aromatic nitrogens is 1. The predicted octanol–water partition coefficient (Wildman–Crippen LogP) is 3.12. The number of ether oxygens (including phenoxy) is 1. The topological polar surface area (TPSA) is 92.4 Å². The van der Waals surface area contributed by atoms with Crippen LogP contribution in [-0.4, -0.2) is 31.0 Å². The van der Waals surface area contributed by atoms with E-state index < -0.39 is 0 Å². The van der Waals surface area contributed by atoms with Crippen LogP contribution in [0.15, 0.2) is 66.9 Å². The van der Waals surface area contributed by atoms with Gasteiger partial charge in [0.2, 0.25) is 0 Å². The molecule has 0 saturated carbocycles. The summed E-state index contributed by atoms with van der Waals surface area (Å²) in [6.45, 7) is 0.329. The fourth-order valence-electron chi connectivity index (χ4n) is 2.76. The Morgan fingerprint density at radius 3 is 2.45 bits per heavy atom. The second-order valence-corrected chi connectivity index (χ2v) is 6.18. The summed E-state index contributed by atoms with van der Waals surface area (Å²) in [5.41, 5.74) is 2.58. The average Bonchev–Trinajstić information content (AvgIpc) is 2.78. The summed E-state index contributed by atoms with van der Waals surface area (Å²) in [7, 11) is 3.17. The van der Waals surface area contributed by atoms with E-state index in [1.807, 2.05) is 36.4 Å². The van der Waals surface area contributed by atoms with E-state index in [0.29, 0.717) is 34.9 Å². The first-order valence-electron chi connectivity index (χ1n) is 9.06. The van der Waals surface area contributed by atoms with Crippen molar-refractivity contribution in [2.24, 2.45) is 0 Å². The Kier molecular flexibility index (Phi) is 6.42. The monoisotopic (exact) mass is 390 g/mol. The predicted molar refractivity (Wildman–Crippen MR) is 112 cm³/mol. The lowest BCUT2D eigenvalue weighted by molar-refractivity contribution is 0.0946. The first kappa shape index (κ1) is 19.9. The quantitative estimate of drug-likeness (QED) is 0.576. The van der Waals surface area contributed by atoms with Gasteiger partial charge < -0.3 is 20.7 Å². The van der Waals surface area contributed by atoms with Gasteiger partial charge in [-0.25, -0.2) is 4.98 Å². The molecular weight excluding hydrogens is 368 g/mol. The number of nitrogens with one attached hydrogen (secondary N) is 3. The highest BCUT2D eigenvalue weighted by Crippen LogP contribution is 2.27. The minimum absolute atomic E-state index is 0.150. The maximum Gasteiger partial charge on any atom is 0.255 e. The molecule has 0 fully saturated rings. The van der Waals surface area contributed by atoms with Gasteiger partial charge in [0.15, 0.2) is 0 Å². The Hall–Kier alpha value is -3.87. The highest BCUT2D eigenvalue weighted by molar-refractivity contribution is 5.99. The number of benzene rings is 2. The van der Waals surface area contributed by atoms with Gasteiger partial charge in [0.25, 0.3) is 11.8 Å². The summed E-state index contributed by atoms with van der Waals surface area (Å²) >= 11 is 0. The molecule has 0 aliphatic rings. The lowest BCUT2D eigenvalue weighted by Crippen LogP contribution is -2.24. The number of nitrogens with zero attached hydrogens (tertiary/aromatic N) is 1. The van der Waals surface area contributed by atoms with Gasteiger partial charge in [-0.2, -0.15) is 0 Å². The van der Waals surface area contributed by atoms with Gasteiger partial charge in [0.05, 0.1) is 18.4 Å². The second-order valence-electron chi connectivity index (χ2n) is 6.18. The van der Waals surface area contributed by atoms with Crippen molar-refractivity contribution in [2.75, 3.05) is 19.5 Å². The minimum atomic E-state index is -0.258. The van der Waals surface area contributed by atoms with Gasteiger partial charge >= 0.3 is 0 Å². The molecule has 148 valence electrons. The summed E-state index contributed by atoms with van der Waals surface area (Å²) in [4.78, 5) is 28.6. The maximum atomic E-state index is 12.7. The Balaban J connectivity index is 1.71. The van der Waals surface area contributed by atoms with Crippen LogP contribution in [0.2, 0.25) is 0 Å². The fraction of sp³-hybridized carbons (Fsp3) is 0.136. The fourth-order valence-corrected chi connectivity index (χ4v) is 2.76. The van der Waals surface area contributed by atoms with Crippen LogP contribution in [0.5, 0.6) is 5.75 Å². The molecule has 2 amide bonds. The molecular formula is C22H22N4O3. The van der Waals surface area contributed by atoms with E-state index in [1.54, 1.807) is 44.6 Å². The van der Waals surface area contributed by atoms with Gasteiger partial charge in [-0.15, -0.1) is 0 Å². The average molecular weight is 390 g/mol. The van der Waals surface area contributed by atoms with E-state index in [0.717, 1.165) is 5.56 Å².